The number of carbonyl (C=O) groups is 2. The fourth-order valence-electron chi connectivity index (χ4n) is 7.16. The number of para-hydroxylation sites is 1. The fourth-order valence-corrected chi connectivity index (χ4v) is 7.39. The molecule has 4 aliphatic rings. The lowest BCUT2D eigenvalue weighted by molar-refractivity contribution is -0.309. The first kappa shape index (κ1) is 50.8. The molecule has 0 aromatic heterocycles. The molecule has 4 heterocycles. The second kappa shape index (κ2) is 21.4. The number of amides is 2. The van der Waals surface area contributed by atoms with Crippen LogP contribution in [0.1, 0.15) is 11.1 Å². The molecule has 26 heteroatoms. The molecule has 6 rings (SSSR count). The van der Waals surface area contributed by atoms with E-state index in [1.54, 1.807) is 12.1 Å². The summed E-state index contributed by atoms with van der Waals surface area (Å²) in [5, 5.41) is 0.550. The van der Waals surface area contributed by atoms with Gasteiger partial charge in [0.2, 0.25) is 0 Å². The van der Waals surface area contributed by atoms with E-state index in [1.807, 2.05) is 32.9 Å². The minimum atomic E-state index is -5.76. The van der Waals surface area contributed by atoms with E-state index in [0.29, 0.717) is 68.9 Å². The molecule has 0 radical (unpaired) electrons. The fraction of sp³-hybridized carbons (Fsp3) is 0.632. The summed E-state index contributed by atoms with van der Waals surface area (Å²) in [6.45, 7) is 5.98. The van der Waals surface area contributed by atoms with Gasteiger partial charge in [0, 0.05) is 102 Å². The van der Waals surface area contributed by atoms with Gasteiger partial charge < -0.3 is 38.5 Å². The largest absolute Gasteiger partial charge is 0.434 e. The van der Waals surface area contributed by atoms with Crippen LogP contribution in [-0.2, 0) is 32.0 Å². The highest BCUT2D eigenvalue weighted by Gasteiger charge is 2.61. The van der Waals surface area contributed by atoms with Crippen molar-refractivity contribution in [3.8, 4) is 0 Å². The molecular weight excluding hydrogens is 919 g/mol. The summed E-state index contributed by atoms with van der Waals surface area (Å²) in [6, 6.07) is 10.3. The molecule has 0 spiro atoms. The molecule has 0 saturated carbocycles. The van der Waals surface area contributed by atoms with Crippen molar-refractivity contribution in [2.45, 2.75) is 50.0 Å². The predicted octanol–water partition coefficient (Wildman–Crippen LogP) is 7.33. The molecule has 0 unspecified atom stereocenters. The number of nitrogens with zero attached hydrogens (tertiary/aromatic N) is 6. The molecule has 0 atom stereocenters. The molecule has 0 bridgehead atoms. The zero-order valence-corrected chi connectivity index (χ0v) is 34.5. The minimum absolute atomic E-state index is 0.0647. The Morgan fingerprint density at radius 2 is 0.969 bits per heavy atom. The van der Waals surface area contributed by atoms with Crippen LogP contribution in [0.15, 0.2) is 36.4 Å². The first-order valence-corrected chi connectivity index (χ1v) is 20.1. The number of hydrogen-bond acceptors (Lipinski definition) is 10. The van der Waals surface area contributed by atoms with Gasteiger partial charge in [0.05, 0.1) is 32.1 Å². The van der Waals surface area contributed by atoms with Crippen molar-refractivity contribution in [2.24, 2.45) is 0 Å². The molecular formula is C38H44ClF13N6O6. The summed E-state index contributed by atoms with van der Waals surface area (Å²) in [5.41, 5.74) is 2.93. The molecule has 2 aromatic rings. The number of carbonyl (C=O) groups excluding carboxylic acids is 2. The van der Waals surface area contributed by atoms with Crippen molar-refractivity contribution in [3.63, 3.8) is 0 Å². The van der Waals surface area contributed by atoms with Crippen molar-refractivity contribution in [3.05, 3.63) is 58.4 Å². The van der Waals surface area contributed by atoms with Crippen LogP contribution in [0.2, 0.25) is 5.02 Å². The molecule has 4 aliphatic heterocycles. The monoisotopic (exact) mass is 962 g/mol. The highest BCUT2D eigenvalue weighted by atomic mass is 35.5. The van der Waals surface area contributed by atoms with Crippen LogP contribution < -0.4 is 9.80 Å². The van der Waals surface area contributed by atoms with E-state index in [-0.39, 0.29) is 52.4 Å². The van der Waals surface area contributed by atoms with E-state index < -0.39 is 54.9 Å². The SMILES string of the molecule is O=C(OC(C(F)(F)F)C(F)(F)F)N1CCN(Cc2ccc(N3CCOCC3)cc2Cl)CC1.O=C(OC(C(F)(F)F)C(F)(F)F)N1CCN(Cc2cccc(F)c2N2CCOCC2)CC1. The lowest BCUT2D eigenvalue weighted by Crippen LogP contribution is -2.52. The van der Waals surface area contributed by atoms with Crippen molar-refractivity contribution < 1.29 is 85.6 Å². The summed E-state index contributed by atoms with van der Waals surface area (Å²) in [6.07, 6.45) is -34.6. The van der Waals surface area contributed by atoms with E-state index in [0.717, 1.165) is 34.1 Å². The number of piperazine rings is 2. The topological polar surface area (TPSA) is 90.5 Å². The molecule has 64 heavy (non-hydrogen) atoms. The van der Waals surface area contributed by atoms with Gasteiger partial charge in [-0.15, -0.1) is 0 Å². The van der Waals surface area contributed by atoms with Crippen LogP contribution in [0.4, 0.5) is 78.0 Å². The van der Waals surface area contributed by atoms with Gasteiger partial charge in [0.1, 0.15) is 5.82 Å². The average molecular weight is 963 g/mol. The Labute approximate surface area is 363 Å². The van der Waals surface area contributed by atoms with Crippen LogP contribution in [0, 0.1) is 5.82 Å². The van der Waals surface area contributed by atoms with Crippen LogP contribution in [-0.4, -0.2) is 174 Å². The van der Waals surface area contributed by atoms with Crippen LogP contribution in [0.25, 0.3) is 0 Å². The second-order valence-corrected chi connectivity index (χ2v) is 15.3. The van der Waals surface area contributed by atoms with E-state index in [4.69, 9.17) is 21.1 Å². The van der Waals surface area contributed by atoms with Gasteiger partial charge in [-0.3, -0.25) is 9.80 Å². The lowest BCUT2D eigenvalue weighted by atomic mass is 10.1. The van der Waals surface area contributed by atoms with E-state index >= 15 is 0 Å². The predicted molar refractivity (Wildman–Crippen MR) is 202 cm³/mol. The Morgan fingerprint density at radius 1 is 0.562 bits per heavy atom. The second-order valence-electron chi connectivity index (χ2n) is 14.9. The summed E-state index contributed by atoms with van der Waals surface area (Å²) in [7, 11) is 0. The summed E-state index contributed by atoms with van der Waals surface area (Å²) < 4.78 is 184. The van der Waals surface area contributed by atoms with Gasteiger partial charge in [0.25, 0.3) is 12.2 Å². The van der Waals surface area contributed by atoms with Crippen LogP contribution >= 0.6 is 11.6 Å². The smallest absolute Gasteiger partial charge is 0.426 e. The lowest BCUT2D eigenvalue weighted by Gasteiger charge is -2.36. The Balaban J connectivity index is 0.000000241. The molecule has 0 N–H and O–H groups in total. The summed E-state index contributed by atoms with van der Waals surface area (Å²) >= 11 is 6.41. The highest BCUT2D eigenvalue weighted by Crippen LogP contribution is 2.38. The first-order chi connectivity index (χ1) is 29.9. The summed E-state index contributed by atoms with van der Waals surface area (Å²) in [4.78, 5) is 33.2. The van der Waals surface area contributed by atoms with Crippen molar-refractivity contribution in [1.29, 1.82) is 0 Å². The molecule has 4 fully saturated rings. The molecule has 0 aliphatic carbocycles. The maximum atomic E-state index is 14.5. The number of halogens is 14. The third-order valence-electron chi connectivity index (χ3n) is 10.5. The van der Waals surface area contributed by atoms with Gasteiger partial charge in [-0.05, 0) is 29.3 Å². The van der Waals surface area contributed by atoms with Crippen LogP contribution in [0.5, 0.6) is 0 Å². The van der Waals surface area contributed by atoms with Gasteiger partial charge in [0.15, 0.2) is 0 Å². The number of rotatable bonds is 8. The Morgan fingerprint density at radius 3 is 1.38 bits per heavy atom. The molecule has 4 saturated heterocycles. The Hall–Kier alpha value is -4.20. The van der Waals surface area contributed by atoms with Gasteiger partial charge in [-0.25, -0.2) is 14.0 Å². The zero-order valence-electron chi connectivity index (χ0n) is 33.8. The third kappa shape index (κ3) is 14.1. The van der Waals surface area contributed by atoms with Crippen molar-refractivity contribution in [2.75, 3.05) is 115 Å². The third-order valence-corrected chi connectivity index (χ3v) is 10.8. The van der Waals surface area contributed by atoms with Gasteiger partial charge >= 0.3 is 36.9 Å². The minimum Gasteiger partial charge on any atom is -0.426 e. The van der Waals surface area contributed by atoms with Crippen LogP contribution in [0.3, 0.4) is 0 Å². The van der Waals surface area contributed by atoms with E-state index in [2.05, 4.69) is 14.4 Å². The Kier molecular flexibility index (Phi) is 17.0. The van der Waals surface area contributed by atoms with Gasteiger partial charge in [-0.1, -0.05) is 29.8 Å². The van der Waals surface area contributed by atoms with E-state index in [1.165, 1.54) is 6.07 Å². The number of hydrogen-bond donors (Lipinski definition) is 0. The number of morpholine rings is 2. The normalized spacial score (nSPS) is 18.9. The number of benzene rings is 2. The number of ether oxygens (including phenoxy) is 4. The van der Waals surface area contributed by atoms with Crippen molar-refractivity contribution in [1.82, 2.24) is 19.6 Å². The van der Waals surface area contributed by atoms with Crippen molar-refractivity contribution >= 4 is 35.2 Å². The first-order valence-electron chi connectivity index (χ1n) is 19.8. The number of anilines is 2. The quantitative estimate of drug-likeness (QED) is 0.251. The zero-order chi connectivity index (χ0) is 47.0. The standard InChI is InChI=1S/C19H22ClF6N3O3.C19H22F7N3O3/c20-15-11-14(28-7-9-31-10-8-28)2-1-13(15)12-27-3-5-29(6-4-27)17(30)32-16(18(21,22)23)19(24,25)26;20-14-3-1-2-13(15(14)28-8-10-31-11-9-28)12-27-4-6-29(7-5-27)17(30)32-16(18(21,22)23)19(24,25)26/h1-2,11,16H,3-10,12H2;1-3,16H,4-12H2. The summed E-state index contributed by atoms with van der Waals surface area (Å²) in [5.74, 6) is -0.392. The molecule has 12 nitrogen and oxygen atoms in total. The van der Waals surface area contributed by atoms with E-state index in [9.17, 15) is 66.7 Å². The van der Waals surface area contributed by atoms with Gasteiger partial charge in [-0.2, -0.15) is 52.7 Å². The molecule has 360 valence electrons. The Bertz CT molecular complexity index is 1820. The molecule has 2 aromatic carbocycles. The maximum absolute atomic E-state index is 14.5. The average Bonchev–Trinajstić information content (AvgIpc) is 3.22. The maximum Gasteiger partial charge on any atom is 0.434 e. The highest BCUT2D eigenvalue weighted by molar-refractivity contribution is 6.31. The number of alkyl halides is 12. The molecule has 2 amide bonds.